The van der Waals surface area contributed by atoms with E-state index in [4.69, 9.17) is 4.74 Å². The number of hydrogen-bond acceptors (Lipinski definition) is 2. The van der Waals surface area contributed by atoms with Crippen molar-refractivity contribution < 1.29 is 4.74 Å². The Kier molecular flexibility index (Phi) is 7.36. The number of ether oxygens (including phenoxy) is 1. The van der Waals surface area contributed by atoms with Crippen LogP contribution < -0.4 is 0 Å². The van der Waals surface area contributed by atoms with E-state index in [1.165, 1.54) is 39.0 Å². The van der Waals surface area contributed by atoms with Gasteiger partial charge in [0.1, 0.15) is 5.76 Å². The number of fused-ring (bicyclic) bond motifs is 1. The van der Waals surface area contributed by atoms with Gasteiger partial charge in [0.2, 0.25) is 0 Å². The Morgan fingerprint density at radius 1 is 0.767 bits per heavy atom. The third kappa shape index (κ3) is 4.77. The van der Waals surface area contributed by atoms with Crippen LogP contribution in [-0.4, -0.2) is 32.6 Å². The number of rotatable bonds is 6. The standard InChI is InChI=1S/C27H29NO.ClH/c1-28(2)18-17-23-13-14-25-19-24(15-16-26(25)27(23)29-3)22-11-9-21(10-12-22)20-7-5-4-6-8-20;/h4-12,15-16,19H,13-14,17-18H2,1-3H3;1H. The molecule has 0 saturated heterocycles. The fourth-order valence-electron chi connectivity index (χ4n) is 4.13. The molecular weight excluding hydrogens is 390 g/mol. The lowest BCUT2D eigenvalue weighted by molar-refractivity contribution is 0.356. The van der Waals surface area contributed by atoms with Gasteiger partial charge in [-0.25, -0.2) is 0 Å². The zero-order valence-electron chi connectivity index (χ0n) is 18.0. The highest BCUT2D eigenvalue weighted by Crippen LogP contribution is 2.36. The van der Waals surface area contributed by atoms with Crippen molar-refractivity contribution in [2.75, 3.05) is 27.7 Å². The molecule has 0 saturated carbocycles. The first-order chi connectivity index (χ1) is 14.2. The molecule has 0 atom stereocenters. The van der Waals surface area contributed by atoms with Gasteiger partial charge in [0, 0.05) is 12.1 Å². The number of methoxy groups -OCH3 is 1. The Labute approximate surface area is 186 Å². The average Bonchev–Trinajstić information content (AvgIpc) is 2.77. The summed E-state index contributed by atoms with van der Waals surface area (Å²) in [6.07, 6.45) is 3.24. The first-order valence-corrected chi connectivity index (χ1v) is 10.4. The van der Waals surface area contributed by atoms with Crippen molar-refractivity contribution in [3.63, 3.8) is 0 Å². The van der Waals surface area contributed by atoms with Gasteiger partial charge < -0.3 is 9.64 Å². The molecule has 30 heavy (non-hydrogen) atoms. The molecule has 0 amide bonds. The second-order valence-electron chi connectivity index (χ2n) is 8.01. The number of halogens is 1. The lowest BCUT2D eigenvalue weighted by Crippen LogP contribution is -2.16. The number of nitrogens with zero attached hydrogens (tertiary/aromatic N) is 1. The van der Waals surface area contributed by atoms with Crippen molar-refractivity contribution >= 4 is 18.2 Å². The average molecular weight is 420 g/mol. The van der Waals surface area contributed by atoms with Crippen LogP contribution in [0.4, 0.5) is 0 Å². The molecule has 3 heteroatoms. The Morgan fingerprint density at radius 3 is 2.00 bits per heavy atom. The molecule has 0 fully saturated rings. The van der Waals surface area contributed by atoms with E-state index >= 15 is 0 Å². The molecule has 0 bridgehead atoms. The van der Waals surface area contributed by atoms with Gasteiger partial charge in [-0.3, -0.25) is 0 Å². The van der Waals surface area contributed by atoms with Gasteiger partial charge in [0.15, 0.2) is 0 Å². The summed E-state index contributed by atoms with van der Waals surface area (Å²) in [5.74, 6) is 1.08. The number of benzene rings is 3. The minimum absolute atomic E-state index is 0. The predicted octanol–water partition coefficient (Wildman–Crippen LogP) is 6.70. The van der Waals surface area contributed by atoms with Crippen molar-refractivity contribution in [2.24, 2.45) is 0 Å². The minimum atomic E-state index is 0. The summed E-state index contributed by atoms with van der Waals surface area (Å²) in [4.78, 5) is 2.23. The molecule has 0 unspecified atom stereocenters. The molecule has 1 aliphatic rings. The van der Waals surface area contributed by atoms with Crippen LogP contribution in [0.15, 0.2) is 78.4 Å². The van der Waals surface area contributed by atoms with Crippen LogP contribution >= 0.6 is 12.4 Å². The molecule has 0 spiro atoms. The monoisotopic (exact) mass is 419 g/mol. The lowest BCUT2D eigenvalue weighted by atomic mass is 9.87. The SMILES string of the molecule is COC1=C(CCN(C)C)CCc2cc(-c3ccc(-c4ccccc4)cc3)ccc21.Cl. The number of aryl methyl sites for hydroxylation is 1. The zero-order valence-corrected chi connectivity index (χ0v) is 18.8. The normalized spacial score (nSPS) is 13.1. The molecule has 2 nitrogen and oxygen atoms in total. The van der Waals surface area contributed by atoms with Gasteiger partial charge in [-0.1, -0.05) is 72.8 Å². The molecule has 4 rings (SSSR count). The van der Waals surface area contributed by atoms with Crippen LogP contribution in [0.25, 0.3) is 28.0 Å². The van der Waals surface area contributed by atoms with E-state index in [9.17, 15) is 0 Å². The highest BCUT2D eigenvalue weighted by molar-refractivity contribution is 5.85. The molecule has 3 aromatic carbocycles. The first kappa shape index (κ1) is 22.1. The van der Waals surface area contributed by atoms with E-state index in [0.29, 0.717) is 0 Å². The summed E-state index contributed by atoms with van der Waals surface area (Å²) in [7, 11) is 6.05. The van der Waals surface area contributed by atoms with Crippen LogP contribution in [0, 0.1) is 0 Å². The molecule has 1 aliphatic carbocycles. The topological polar surface area (TPSA) is 12.5 Å². The third-order valence-electron chi connectivity index (χ3n) is 5.76. The van der Waals surface area contributed by atoms with Crippen LogP contribution in [0.3, 0.4) is 0 Å². The largest absolute Gasteiger partial charge is 0.496 e. The van der Waals surface area contributed by atoms with Crippen LogP contribution in [0.1, 0.15) is 24.0 Å². The van der Waals surface area contributed by atoms with Gasteiger partial charge in [0.05, 0.1) is 7.11 Å². The van der Waals surface area contributed by atoms with Crippen molar-refractivity contribution in [1.82, 2.24) is 4.90 Å². The van der Waals surface area contributed by atoms with Gasteiger partial charge >= 0.3 is 0 Å². The van der Waals surface area contributed by atoms with Crippen molar-refractivity contribution in [3.05, 3.63) is 89.5 Å². The predicted molar refractivity (Wildman–Crippen MR) is 130 cm³/mol. The van der Waals surface area contributed by atoms with E-state index < -0.39 is 0 Å². The highest BCUT2D eigenvalue weighted by Gasteiger charge is 2.20. The molecule has 156 valence electrons. The zero-order chi connectivity index (χ0) is 20.2. The Bertz CT molecular complexity index is 1010. The maximum atomic E-state index is 5.83. The molecule has 0 N–H and O–H groups in total. The molecule has 0 radical (unpaired) electrons. The summed E-state index contributed by atoms with van der Waals surface area (Å²) in [6.45, 7) is 1.06. The van der Waals surface area contributed by atoms with Crippen molar-refractivity contribution in [3.8, 4) is 22.3 Å². The maximum Gasteiger partial charge on any atom is 0.125 e. The van der Waals surface area contributed by atoms with Gasteiger partial charge in [-0.05, 0) is 66.7 Å². The van der Waals surface area contributed by atoms with Crippen LogP contribution in [0.5, 0.6) is 0 Å². The van der Waals surface area contributed by atoms with Gasteiger partial charge in [-0.15, -0.1) is 12.4 Å². The van der Waals surface area contributed by atoms with E-state index in [2.05, 4.69) is 91.8 Å². The van der Waals surface area contributed by atoms with Crippen LogP contribution in [-0.2, 0) is 11.2 Å². The van der Waals surface area contributed by atoms with E-state index in [-0.39, 0.29) is 12.4 Å². The van der Waals surface area contributed by atoms with E-state index in [0.717, 1.165) is 31.6 Å². The van der Waals surface area contributed by atoms with Crippen molar-refractivity contribution in [1.29, 1.82) is 0 Å². The Hall–Kier alpha value is -2.55. The summed E-state index contributed by atoms with van der Waals surface area (Å²) in [5, 5.41) is 0. The summed E-state index contributed by atoms with van der Waals surface area (Å²) >= 11 is 0. The third-order valence-corrected chi connectivity index (χ3v) is 5.76. The Morgan fingerprint density at radius 2 is 1.37 bits per heavy atom. The summed E-state index contributed by atoms with van der Waals surface area (Å²) < 4.78 is 5.83. The summed E-state index contributed by atoms with van der Waals surface area (Å²) in [5.41, 5.74) is 9.13. The van der Waals surface area contributed by atoms with Crippen molar-refractivity contribution in [2.45, 2.75) is 19.3 Å². The highest BCUT2D eigenvalue weighted by atomic mass is 35.5. The fraction of sp³-hybridized carbons (Fsp3) is 0.259. The van der Waals surface area contributed by atoms with E-state index in [1.807, 2.05) is 0 Å². The quantitative estimate of drug-likeness (QED) is 0.440. The van der Waals surface area contributed by atoms with E-state index in [1.54, 1.807) is 7.11 Å². The molecular formula is C27H30ClNO. The molecule has 0 aromatic heterocycles. The molecule has 0 heterocycles. The number of hydrogen-bond donors (Lipinski definition) is 0. The second kappa shape index (κ2) is 9.97. The molecule has 0 aliphatic heterocycles. The lowest BCUT2D eigenvalue weighted by Gasteiger charge is -2.24. The maximum absolute atomic E-state index is 5.83. The Balaban J connectivity index is 0.00000256. The fourth-order valence-corrected chi connectivity index (χ4v) is 4.13. The second-order valence-corrected chi connectivity index (χ2v) is 8.01. The smallest absolute Gasteiger partial charge is 0.125 e. The van der Waals surface area contributed by atoms with Gasteiger partial charge in [0.25, 0.3) is 0 Å². The van der Waals surface area contributed by atoms with Gasteiger partial charge in [-0.2, -0.15) is 0 Å². The molecule has 3 aromatic rings. The first-order valence-electron chi connectivity index (χ1n) is 10.4. The summed E-state index contributed by atoms with van der Waals surface area (Å²) in [6, 6.07) is 26.2. The minimum Gasteiger partial charge on any atom is -0.496 e. The van der Waals surface area contributed by atoms with Crippen LogP contribution in [0.2, 0.25) is 0 Å².